The Balaban J connectivity index is 1.59. The van der Waals surface area contributed by atoms with Gasteiger partial charge < -0.3 is 10.6 Å². The van der Waals surface area contributed by atoms with Crippen LogP contribution >= 0.6 is 0 Å². The molecule has 3 N–H and O–H groups in total. The molecule has 2 rings (SSSR count). The molecule has 1 saturated carbocycles. The van der Waals surface area contributed by atoms with Crippen molar-refractivity contribution in [3.63, 3.8) is 0 Å². The molecule has 0 unspecified atom stereocenters. The quantitative estimate of drug-likeness (QED) is 0.700. The van der Waals surface area contributed by atoms with Crippen LogP contribution in [0.15, 0.2) is 30.3 Å². The minimum atomic E-state index is -3.27. The average Bonchev–Trinajstić information content (AvgIpc) is 2.46. The highest BCUT2D eigenvalue weighted by molar-refractivity contribution is 7.89. The van der Waals surface area contributed by atoms with Gasteiger partial charge in [-0.25, -0.2) is 17.9 Å². The smallest absolute Gasteiger partial charge is 0.314 e. The molecular formula is C15H23N3O3S. The highest BCUT2D eigenvalue weighted by Crippen LogP contribution is 2.40. The van der Waals surface area contributed by atoms with Crippen molar-refractivity contribution in [3.8, 4) is 0 Å². The van der Waals surface area contributed by atoms with Gasteiger partial charge in [0.1, 0.15) is 0 Å². The molecule has 22 heavy (non-hydrogen) atoms. The Morgan fingerprint density at radius 3 is 2.50 bits per heavy atom. The summed E-state index contributed by atoms with van der Waals surface area (Å²) >= 11 is 0. The first-order valence-corrected chi connectivity index (χ1v) is 9.13. The summed E-state index contributed by atoms with van der Waals surface area (Å²) in [5.41, 5.74) is 1.36. The molecule has 1 fully saturated rings. The van der Waals surface area contributed by atoms with E-state index in [-0.39, 0.29) is 18.3 Å². The average molecular weight is 325 g/mol. The third kappa shape index (κ3) is 4.99. The second-order valence-electron chi connectivity index (χ2n) is 5.60. The summed E-state index contributed by atoms with van der Waals surface area (Å²) in [7, 11) is -1.91. The molecule has 1 aromatic carbocycles. The fourth-order valence-electron chi connectivity index (χ4n) is 2.60. The van der Waals surface area contributed by atoms with Crippen LogP contribution in [0.4, 0.5) is 4.79 Å². The molecule has 0 saturated heterocycles. The molecule has 2 amide bonds. The van der Waals surface area contributed by atoms with Gasteiger partial charge in [0.05, 0.1) is 5.75 Å². The van der Waals surface area contributed by atoms with E-state index in [2.05, 4.69) is 27.5 Å². The van der Waals surface area contributed by atoms with E-state index in [1.54, 1.807) is 0 Å². The number of carbonyl (C=O) groups excluding carboxylic acids is 1. The van der Waals surface area contributed by atoms with Crippen LogP contribution in [-0.2, 0) is 10.0 Å². The SMILES string of the molecule is CNS(=O)(=O)CCNC(=O)NCC1CC(c2ccccc2)C1. The molecule has 0 heterocycles. The van der Waals surface area contributed by atoms with Crippen LogP contribution in [-0.4, -0.2) is 40.3 Å². The Morgan fingerprint density at radius 2 is 1.86 bits per heavy atom. The van der Waals surface area contributed by atoms with Gasteiger partial charge in [-0.15, -0.1) is 0 Å². The first-order valence-electron chi connectivity index (χ1n) is 7.48. The van der Waals surface area contributed by atoms with Gasteiger partial charge in [0, 0.05) is 13.1 Å². The molecule has 1 aliphatic carbocycles. The fourth-order valence-corrected chi connectivity index (χ4v) is 3.18. The Morgan fingerprint density at radius 1 is 1.18 bits per heavy atom. The standard InChI is InChI=1S/C15H23N3O3S/c1-16-22(20,21)8-7-17-15(19)18-11-12-9-14(10-12)13-5-3-2-4-6-13/h2-6,12,14,16H,7-11H2,1H3,(H2,17,18,19). The lowest BCUT2D eigenvalue weighted by Gasteiger charge is -2.35. The second-order valence-corrected chi connectivity index (χ2v) is 7.65. The first kappa shape index (κ1) is 16.8. The van der Waals surface area contributed by atoms with Crippen molar-refractivity contribution in [3.05, 3.63) is 35.9 Å². The van der Waals surface area contributed by atoms with Gasteiger partial charge in [0.25, 0.3) is 0 Å². The van der Waals surface area contributed by atoms with Crippen molar-refractivity contribution in [2.75, 3.05) is 25.9 Å². The molecule has 6 nitrogen and oxygen atoms in total. The molecule has 0 aromatic heterocycles. The number of benzene rings is 1. The maximum atomic E-state index is 11.6. The highest BCUT2D eigenvalue weighted by atomic mass is 32.2. The van der Waals surface area contributed by atoms with Crippen LogP contribution in [0.3, 0.4) is 0 Å². The summed E-state index contributed by atoms with van der Waals surface area (Å²) in [6.07, 6.45) is 2.16. The van der Waals surface area contributed by atoms with Gasteiger partial charge in [-0.1, -0.05) is 30.3 Å². The molecule has 0 aliphatic heterocycles. The van der Waals surface area contributed by atoms with Crippen LogP contribution in [0.1, 0.15) is 24.3 Å². The zero-order valence-corrected chi connectivity index (χ0v) is 13.5. The van der Waals surface area contributed by atoms with Crippen molar-refractivity contribution < 1.29 is 13.2 Å². The number of nitrogens with one attached hydrogen (secondary N) is 3. The van der Waals surface area contributed by atoms with E-state index in [1.165, 1.54) is 12.6 Å². The van der Waals surface area contributed by atoms with Gasteiger partial charge in [-0.2, -0.15) is 0 Å². The molecule has 7 heteroatoms. The minimum absolute atomic E-state index is 0.103. The Hall–Kier alpha value is -1.60. The largest absolute Gasteiger partial charge is 0.338 e. The highest BCUT2D eigenvalue weighted by Gasteiger charge is 2.30. The predicted molar refractivity (Wildman–Crippen MR) is 86.2 cm³/mol. The van der Waals surface area contributed by atoms with Crippen molar-refractivity contribution in [2.45, 2.75) is 18.8 Å². The first-order chi connectivity index (χ1) is 10.5. The lowest BCUT2D eigenvalue weighted by atomic mass is 9.71. The Bertz CT molecular complexity index is 583. The van der Waals surface area contributed by atoms with Crippen LogP contribution < -0.4 is 15.4 Å². The summed E-state index contributed by atoms with van der Waals surface area (Å²) in [6.45, 7) is 0.736. The Labute approximate surface area is 131 Å². The van der Waals surface area contributed by atoms with Crippen LogP contribution in [0.25, 0.3) is 0 Å². The summed E-state index contributed by atoms with van der Waals surface area (Å²) in [5, 5.41) is 5.35. The van der Waals surface area contributed by atoms with Gasteiger partial charge in [-0.05, 0) is 37.3 Å². The third-order valence-electron chi connectivity index (χ3n) is 4.03. The molecule has 1 aromatic rings. The maximum absolute atomic E-state index is 11.6. The molecule has 122 valence electrons. The van der Waals surface area contributed by atoms with Gasteiger partial charge in [0.15, 0.2) is 0 Å². The second kappa shape index (κ2) is 7.60. The Kier molecular flexibility index (Phi) is 5.79. The van der Waals surface area contributed by atoms with Crippen molar-refractivity contribution in [2.24, 2.45) is 5.92 Å². The van der Waals surface area contributed by atoms with Crippen LogP contribution in [0, 0.1) is 5.92 Å². The lowest BCUT2D eigenvalue weighted by Crippen LogP contribution is -2.42. The third-order valence-corrected chi connectivity index (χ3v) is 5.39. The molecule has 0 bridgehead atoms. The van der Waals surface area contributed by atoms with Crippen molar-refractivity contribution >= 4 is 16.1 Å². The number of rotatable bonds is 7. The van der Waals surface area contributed by atoms with E-state index in [0.29, 0.717) is 18.4 Å². The van der Waals surface area contributed by atoms with E-state index >= 15 is 0 Å². The number of urea groups is 1. The number of carbonyl (C=O) groups is 1. The van der Waals surface area contributed by atoms with Crippen LogP contribution in [0.5, 0.6) is 0 Å². The van der Waals surface area contributed by atoms with Crippen molar-refractivity contribution in [1.29, 1.82) is 0 Å². The number of hydrogen-bond donors (Lipinski definition) is 3. The molecular weight excluding hydrogens is 302 g/mol. The lowest BCUT2D eigenvalue weighted by molar-refractivity contribution is 0.225. The minimum Gasteiger partial charge on any atom is -0.338 e. The molecule has 0 radical (unpaired) electrons. The molecule has 0 spiro atoms. The number of sulfonamides is 1. The van der Waals surface area contributed by atoms with Crippen LogP contribution in [0.2, 0.25) is 0 Å². The predicted octanol–water partition coefficient (Wildman–Crippen LogP) is 1.03. The summed E-state index contributed by atoms with van der Waals surface area (Å²) < 4.78 is 24.6. The van der Waals surface area contributed by atoms with E-state index in [1.807, 2.05) is 18.2 Å². The summed E-state index contributed by atoms with van der Waals surface area (Å²) in [4.78, 5) is 11.6. The van der Waals surface area contributed by atoms with E-state index in [4.69, 9.17) is 0 Å². The topological polar surface area (TPSA) is 87.3 Å². The molecule has 0 atom stereocenters. The normalized spacial score (nSPS) is 21.0. The van der Waals surface area contributed by atoms with E-state index in [9.17, 15) is 13.2 Å². The molecule has 1 aliphatic rings. The zero-order chi connectivity index (χ0) is 16.0. The summed E-state index contributed by atoms with van der Waals surface area (Å²) in [6, 6.07) is 10.1. The van der Waals surface area contributed by atoms with Gasteiger partial charge in [-0.3, -0.25) is 0 Å². The van der Waals surface area contributed by atoms with Crippen molar-refractivity contribution in [1.82, 2.24) is 15.4 Å². The maximum Gasteiger partial charge on any atom is 0.314 e. The summed E-state index contributed by atoms with van der Waals surface area (Å²) in [5.74, 6) is 0.977. The number of amides is 2. The zero-order valence-electron chi connectivity index (χ0n) is 12.7. The monoisotopic (exact) mass is 325 g/mol. The van der Waals surface area contributed by atoms with E-state index < -0.39 is 10.0 Å². The van der Waals surface area contributed by atoms with E-state index in [0.717, 1.165) is 12.8 Å². The van der Waals surface area contributed by atoms with Gasteiger partial charge >= 0.3 is 6.03 Å². The van der Waals surface area contributed by atoms with Gasteiger partial charge in [0.2, 0.25) is 10.0 Å². The fraction of sp³-hybridized carbons (Fsp3) is 0.533. The number of hydrogen-bond acceptors (Lipinski definition) is 3.